The first-order valence-electron chi connectivity index (χ1n) is 5.09. The van der Waals surface area contributed by atoms with Crippen molar-refractivity contribution in [3.05, 3.63) is 11.1 Å². The summed E-state index contributed by atoms with van der Waals surface area (Å²) in [4.78, 5) is 15.9. The van der Waals surface area contributed by atoms with Crippen LogP contribution in [0.2, 0.25) is 0 Å². The minimum Gasteiger partial charge on any atom is -0.467 e. The highest BCUT2D eigenvalue weighted by Crippen LogP contribution is 2.29. The third kappa shape index (κ3) is 2.92. The Kier molecular flexibility index (Phi) is 3.20. The number of aromatic nitrogens is 1. The van der Waals surface area contributed by atoms with E-state index >= 15 is 0 Å². The van der Waals surface area contributed by atoms with E-state index in [0.29, 0.717) is 22.8 Å². The lowest BCUT2D eigenvalue weighted by molar-refractivity contribution is 0.0510. The molecule has 1 fully saturated rings. The molecule has 0 saturated heterocycles. The lowest BCUT2D eigenvalue weighted by atomic mass is 10.5. The Labute approximate surface area is 92.2 Å². The van der Waals surface area contributed by atoms with Gasteiger partial charge in [0, 0.05) is 0 Å². The van der Waals surface area contributed by atoms with E-state index in [-0.39, 0.29) is 5.97 Å². The van der Waals surface area contributed by atoms with Gasteiger partial charge < -0.3 is 9.47 Å². The van der Waals surface area contributed by atoms with Crippen LogP contribution >= 0.6 is 11.3 Å². The van der Waals surface area contributed by atoms with Crippen LogP contribution in [-0.2, 0) is 4.74 Å². The molecular formula is C10H13NO3S. The van der Waals surface area contributed by atoms with E-state index in [1.54, 1.807) is 0 Å². The maximum Gasteiger partial charge on any atom is 0.350 e. The predicted octanol–water partition coefficient (Wildman–Crippen LogP) is 2.25. The van der Waals surface area contributed by atoms with Gasteiger partial charge in [-0.25, -0.2) is 9.78 Å². The smallest absolute Gasteiger partial charge is 0.350 e. The van der Waals surface area contributed by atoms with E-state index in [0.717, 1.165) is 19.3 Å². The van der Waals surface area contributed by atoms with Gasteiger partial charge >= 0.3 is 5.97 Å². The summed E-state index contributed by atoms with van der Waals surface area (Å²) >= 11 is 1.25. The fraction of sp³-hybridized carbons (Fsp3) is 0.600. The maximum absolute atomic E-state index is 11.4. The van der Waals surface area contributed by atoms with Crippen molar-refractivity contribution in [2.24, 2.45) is 0 Å². The van der Waals surface area contributed by atoms with Crippen LogP contribution in [0.5, 0.6) is 5.19 Å². The fourth-order valence-electron chi connectivity index (χ4n) is 1.00. The van der Waals surface area contributed by atoms with Crippen LogP contribution in [0.3, 0.4) is 0 Å². The summed E-state index contributed by atoms with van der Waals surface area (Å²) in [6, 6.07) is 0. The molecule has 5 heteroatoms. The van der Waals surface area contributed by atoms with Crippen LogP contribution < -0.4 is 4.74 Å². The molecule has 0 bridgehead atoms. The molecule has 82 valence electrons. The molecule has 0 aliphatic heterocycles. The molecule has 1 aliphatic rings. The molecule has 0 amide bonds. The standard InChI is InChI=1S/C10H13NO3S/c1-2-5-13-9(12)8-6-11-10(15-8)14-7-3-4-7/h6-7H,2-5H2,1H3. The van der Waals surface area contributed by atoms with E-state index in [1.807, 2.05) is 6.92 Å². The number of carbonyl (C=O) groups excluding carboxylic acids is 1. The van der Waals surface area contributed by atoms with Gasteiger partial charge in [0.1, 0.15) is 11.0 Å². The molecule has 0 radical (unpaired) electrons. The number of ether oxygens (including phenoxy) is 2. The first-order chi connectivity index (χ1) is 7.29. The van der Waals surface area contributed by atoms with Gasteiger partial charge in [-0.05, 0) is 19.3 Å². The van der Waals surface area contributed by atoms with Crippen molar-refractivity contribution in [1.29, 1.82) is 0 Å². The zero-order valence-electron chi connectivity index (χ0n) is 8.56. The molecule has 1 aromatic rings. The molecule has 0 spiro atoms. The van der Waals surface area contributed by atoms with Crippen LogP contribution in [-0.4, -0.2) is 23.7 Å². The first kappa shape index (κ1) is 10.4. The van der Waals surface area contributed by atoms with Gasteiger partial charge in [0.15, 0.2) is 0 Å². The van der Waals surface area contributed by atoms with Gasteiger partial charge in [0.05, 0.1) is 12.8 Å². The minimum atomic E-state index is -0.306. The average Bonchev–Trinajstić information content (AvgIpc) is 2.91. The Morgan fingerprint density at radius 1 is 1.67 bits per heavy atom. The number of esters is 1. The summed E-state index contributed by atoms with van der Waals surface area (Å²) in [6.45, 7) is 2.41. The monoisotopic (exact) mass is 227 g/mol. The second-order valence-corrected chi connectivity index (χ2v) is 4.44. The molecule has 2 rings (SSSR count). The van der Waals surface area contributed by atoms with Crippen LogP contribution in [0.25, 0.3) is 0 Å². The number of thiazole rings is 1. The Morgan fingerprint density at radius 3 is 3.13 bits per heavy atom. The molecule has 15 heavy (non-hydrogen) atoms. The molecule has 1 heterocycles. The number of nitrogens with zero attached hydrogens (tertiary/aromatic N) is 1. The van der Waals surface area contributed by atoms with E-state index in [9.17, 15) is 4.79 Å². The highest BCUT2D eigenvalue weighted by molar-refractivity contribution is 7.15. The van der Waals surface area contributed by atoms with E-state index in [4.69, 9.17) is 9.47 Å². The van der Waals surface area contributed by atoms with Crippen molar-refractivity contribution in [3.8, 4) is 5.19 Å². The fourth-order valence-corrected chi connectivity index (χ4v) is 1.73. The quantitative estimate of drug-likeness (QED) is 0.724. The Bertz CT molecular complexity index is 346. The largest absolute Gasteiger partial charge is 0.467 e. The summed E-state index contributed by atoms with van der Waals surface area (Å²) in [6.07, 6.45) is 4.84. The molecule has 4 nitrogen and oxygen atoms in total. The van der Waals surface area contributed by atoms with Crippen molar-refractivity contribution in [3.63, 3.8) is 0 Å². The molecule has 0 atom stereocenters. The summed E-state index contributed by atoms with van der Waals surface area (Å²) in [5, 5.41) is 0.570. The van der Waals surface area contributed by atoms with Crippen molar-refractivity contribution < 1.29 is 14.3 Å². The topological polar surface area (TPSA) is 48.4 Å². The van der Waals surface area contributed by atoms with Crippen LogP contribution in [0, 0.1) is 0 Å². The molecular weight excluding hydrogens is 214 g/mol. The Morgan fingerprint density at radius 2 is 2.47 bits per heavy atom. The lowest BCUT2D eigenvalue weighted by Crippen LogP contribution is -2.03. The van der Waals surface area contributed by atoms with Crippen LogP contribution in [0.4, 0.5) is 0 Å². The zero-order valence-corrected chi connectivity index (χ0v) is 9.38. The maximum atomic E-state index is 11.4. The summed E-state index contributed by atoms with van der Waals surface area (Å²) in [5.41, 5.74) is 0. The van der Waals surface area contributed by atoms with Crippen LogP contribution in [0.1, 0.15) is 35.9 Å². The van der Waals surface area contributed by atoms with Gasteiger partial charge in [-0.2, -0.15) is 0 Å². The predicted molar refractivity (Wildman–Crippen MR) is 56.3 cm³/mol. The molecule has 1 aromatic heterocycles. The van der Waals surface area contributed by atoms with Crippen molar-refractivity contribution in [1.82, 2.24) is 4.98 Å². The third-order valence-corrected chi connectivity index (χ3v) is 2.78. The Hall–Kier alpha value is -1.10. The second-order valence-electron chi connectivity index (χ2n) is 3.44. The SMILES string of the molecule is CCCOC(=O)c1cnc(OC2CC2)s1. The van der Waals surface area contributed by atoms with E-state index < -0.39 is 0 Å². The molecule has 0 N–H and O–H groups in total. The average molecular weight is 227 g/mol. The van der Waals surface area contributed by atoms with Gasteiger partial charge in [0.2, 0.25) is 0 Å². The normalized spacial score (nSPS) is 15.0. The molecule has 0 aromatic carbocycles. The summed E-state index contributed by atoms with van der Waals surface area (Å²) in [7, 11) is 0. The van der Waals surface area contributed by atoms with Gasteiger partial charge in [-0.3, -0.25) is 0 Å². The number of rotatable bonds is 5. The molecule has 1 saturated carbocycles. The van der Waals surface area contributed by atoms with Gasteiger partial charge in [-0.1, -0.05) is 18.3 Å². The second kappa shape index (κ2) is 4.61. The van der Waals surface area contributed by atoms with E-state index in [2.05, 4.69) is 4.98 Å². The Balaban J connectivity index is 1.89. The number of hydrogen-bond acceptors (Lipinski definition) is 5. The summed E-state index contributed by atoms with van der Waals surface area (Å²) in [5.74, 6) is -0.306. The highest BCUT2D eigenvalue weighted by Gasteiger charge is 2.25. The molecule has 1 aliphatic carbocycles. The number of carbonyl (C=O) groups is 1. The first-order valence-corrected chi connectivity index (χ1v) is 5.91. The highest BCUT2D eigenvalue weighted by atomic mass is 32.1. The third-order valence-electron chi connectivity index (χ3n) is 1.91. The van der Waals surface area contributed by atoms with Crippen molar-refractivity contribution >= 4 is 17.3 Å². The molecule has 0 unspecified atom stereocenters. The lowest BCUT2D eigenvalue weighted by Gasteiger charge is -1.98. The summed E-state index contributed by atoms with van der Waals surface area (Å²) < 4.78 is 10.4. The van der Waals surface area contributed by atoms with E-state index in [1.165, 1.54) is 17.5 Å². The van der Waals surface area contributed by atoms with Crippen molar-refractivity contribution in [2.75, 3.05) is 6.61 Å². The minimum absolute atomic E-state index is 0.306. The van der Waals surface area contributed by atoms with Crippen molar-refractivity contribution in [2.45, 2.75) is 32.3 Å². The number of hydrogen-bond donors (Lipinski definition) is 0. The van der Waals surface area contributed by atoms with Gasteiger partial charge in [0.25, 0.3) is 5.19 Å². The van der Waals surface area contributed by atoms with Gasteiger partial charge in [-0.15, -0.1) is 0 Å². The van der Waals surface area contributed by atoms with Crippen LogP contribution in [0.15, 0.2) is 6.20 Å². The zero-order chi connectivity index (χ0) is 10.7.